The van der Waals surface area contributed by atoms with Gasteiger partial charge in [-0.25, -0.2) is 0 Å². The molecule has 1 aliphatic rings. The average Bonchev–Trinajstić information content (AvgIpc) is 2.29. The Morgan fingerprint density at radius 2 is 2.27 bits per heavy atom. The van der Waals surface area contributed by atoms with Gasteiger partial charge in [-0.3, -0.25) is 0 Å². The molecule has 1 aliphatic carbocycles. The summed E-state index contributed by atoms with van der Waals surface area (Å²) in [6.45, 7) is 0. The maximum atomic E-state index is 5.93. The van der Waals surface area contributed by atoms with Crippen molar-refractivity contribution in [3.8, 4) is 5.75 Å². The molecule has 1 aromatic carbocycles. The highest BCUT2D eigenvalue weighted by molar-refractivity contribution is 5.67. The van der Waals surface area contributed by atoms with E-state index in [9.17, 15) is 0 Å². The zero-order chi connectivity index (χ0) is 10.7. The van der Waals surface area contributed by atoms with Crippen LogP contribution in [-0.2, 0) is 0 Å². The van der Waals surface area contributed by atoms with Crippen LogP contribution in [0.5, 0.6) is 5.75 Å². The highest BCUT2D eigenvalue weighted by Gasteiger charge is 2.11. The van der Waals surface area contributed by atoms with Crippen molar-refractivity contribution in [2.45, 2.75) is 25.3 Å². The fraction of sp³-hybridized carbons (Fsp3) is 0.385. The Kier molecular flexibility index (Phi) is 3.07. The molecule has 1 unspecified atom stereocenters. The number of methoxy groups -OCH3 is 1. The molecule has 0 radical (unpaired) electrons. The molecule has 2 nitrogen and oxygen atoms in total. The monoisotopic (exact) mass is 203 g/mol. The number of rotatable bonds is 2. The van der Waals surface area contributed by atoms with Gasteiger partial charge in [-0.15, -0.1) is 0 Å². The largest absolute Gasteiger partial charge is 0.497 e. The number of allylic oxidation sites excluding steroid dienone is 1. The van der Waals surface area contributed by atoms with E-state index in [1.807, 2.05) is 12.1 Å². The molecule has 15 heavy (non-hydrogen) atoms. The summed E-state index contributed by atoms with van der Waals surface area (Å²) in [7, 11) is 1.69. The third-order valence-corrected chi connectivity index (χ3v) is 2.84. The van der Waals surface area contributed by atoms with Gasteiger partial charge < -0.3 is 10.5 Å². The second-order valence-electron chi connectivity index (χ2n) is 3.98. The third kappa shape index (κ3) is 2.39. The molecule has 0 bridgehead atoms. The molecule has 1 atom stereocenters. The van der Waals surface area contributed by atoms with Gasteiger partial charge in [0.15, 0.2) is 0 Å². The molecular weight excluding hydrogens is 186 g/mol. The lowest BCUT2D eigenvalue weighted by molar-refractivity contribution is 0.414. The molecule has 2 N–H and O–H groups in total. The predicted octanol–water partition coefficient (Wildman–Crippen LogP) is 2.59. The van der Waals surface area contributed by atoms with Crippen molar-refractivity contribution in [3.63, 3.8) is 0 Å². The zero-order valence-electron chi connectivity index (χ0n) is 9.07. The molecule has 0 aliphatic heterocycles. The van der Waals surface area contributed by atoms with E-state index in [1.165, 1.54) is 17.6 Å². The van der Waals surface area contributed by atoms with Gasteiger partial charge in [-0.05, 0) is 42.5 Å². The van der Waals surface area contributed by atoms with Crippen LogP contribution in [0.15, 0.2) is 30.3 Å². The first-order chi connectivity index (χ1) is 7.29. The second kappa shape index (κ2) is 4.49. The quantitative estimate of drug-likeness (QED) is 0.801. The summed E-state index contributed by atoms with van der Waals surface area (Å²) < 4.78 is 5.21. The topological polar surface area (TPSA) is 35.2 Å². The van der Waals surface area contributed by atoms with Crippen LogP contribution >= 0.6 is 0 Å². The Morgan fingerprint density at radius 1 is 1.40 bits per heavy atom. The molecule has 0 saturated heterocycles. The lowest BCUT2D eigenvalue weighted by Gasteiger charge is -2.18. The van der Waals surface area contributed by atoms with Crippen LogP contribution in [0.2, 0.25) is 0 Å². The Labute approximate surface area is 90.7 Å². The molecule has 0 aromatic heterocycles. The van der Waals surface area contributed by atoms with E-state index in [-0.39, 0.29) is 6.04 Å². The van der Waals surface area contributed by atoms with E-state index in [4.69, 9.17) is 10.5 Å². The summed E-state index contributed by atoms with van der Waals surface area (Å²) in [5.74, 6) is 0.910. The number of hydrogen-bond donors (Lipinski definition) is 1. The van der Waals surface area contributed by atoms with Crippen LogP contribution in [0.3, 0.4) is 0 Å². The summed E-state index contributed by atoms with van der Waals surface area (Å²) in [6, 6.07) is 8.40. The molecule has 0 amide bonds. The minimum absolute atomic E-state index is 0.222. The summed E-state index contributed by atoms with van der Waals surface area (Å²) in [5, 5.41) is 0. The lowest BCUT2D eigenvalue weighted by Crippen LogP contribution is -2.19. The van der Waals surface area contributed by atoms with Crippen LogP contribution < -0.4 is 10.5 Å². The van der Waals surface area contributed by atoms with Crippen LogP contribution in [0.4, 0.5) is 0 Å². The van der Waals surface area contributed by atoms with E-state index in [2.05, 4.69) is 18.2 Å². The zero-order valence-corrected chi connectivity index (χ0v) is 9.07. The molecule has 0 spiro atoms. The lowest BCUT2D eigenvalue weighted by atomic mass is 9.91. The average molecular weight is 203 g/mol. The standard InChI is InChI=1S/C13H17NO/c1-15-13-7-3-5-11(9-13)10-4-2-6-12(14)8-10/h3,5,7-9,12H,2,4,6,14H2,1H3. The number of hydrogen-bond acceptors (Lipinski definition) is 2. The summed E-state index contributed by atoms with van der Waals surface area (Å²) in [4.78, 5) is 0. The van der Waals surface area contributed by atoms with Crippen LogP contribution in [0.25, 0.3) is 5.57 Å². The van der Waals surface area contributed by atoms with Gasteiger partial charge in [0, 0.05) is 6.04 Å². The first-order valence-corrected chi connectivity index (χ1v) is 5.40. The van der Waals surface area contributed by atoms with Crippen molar-refractivity contribution < 1.29 is 4.74 Å². The van der Waals surface area contributed by atoms with Crippen molar-refractivity contribution in [2.24, 2.45) is 5.73 Å². The van der Waals surface area contributed by atoms with Crippen LogP contribution in [-0.4, -0.2) is 13.2 Å². The van der Waals surface area contributed by atoms with Gasteiger partial charge in [0.05, 0.1) is 7.11 Å². The fourth-order valence-corrected chi connectivity index (χ4v) is 2.02. The summed E-state index contributed by atoms with van der Waals surface area (Å²) in [6.07, 6.45) is 5.59. The highest BCUT2D eigenvalue weighted by Crippen LogP contribution is 2.28. The van der Waals surface area contributed by atoms with E-state index in [1.54, 1.807) is 7.11 Å². The fourth-order valence-electron chi connectivity index (χ4n) is 2.02. The number of benzene rings is 1. The molecule has 2 heteroatoms. The van der Waals surface area contributed by atoms with Crippen molar-refractivity contribution in [1.82, 2.24) is 0 Å². The van der Waals surface area contributed by atoms with Gasteiger partial charge >= 0.3 is 0 Å². The molecular formula is C13H17NO. The smallest absolute Gasteiger partial charge is 0.119 e. The van der Waals surface area contributed by atoms with Crippen LogP contribution in [0.1, 0.15) is 24.8 Å². The molecule has 2 rings (SSSR count). The van der Waals surface area contributed by atoms with Crippen molar-refractivity contribution in [1.29, 1.82) is 0 Å². The van der Waals surface area contributed by atoms with Gasteiger partial charge in [0.1, 0.15) is 5.75 Å². The van der Waals surface area contributed by atoms with E-state index >= 15 is 0 Å². The van der Waals surface area contributed by atoms with Gasteiger partial charge in [0.2, 0.25) is 0 Å². The van der Waals surface area contributed by atoms with Crippen molar-refractivity contribution in [2.75, 3.05) is 7.11 Å². The number of nitrogens with two attached hydrogens (primary N) is 1. The maximum Gasteiger partial charge on any atom is 0.119 e. The Bertz CT molecular complexity index is 371. The van der Waals surface area contributed by atoms with Gasteiger partial charge in [-0.2, -0.15) is 0 Å². The van der Waals surface area contributed by atoms with Gasteiger partial charge in [-0.1, -0.05) is 18.2 Å². The molecule has 0 heterocycles. The Morgan fingerprint density at radius 3 is 3.00 bits per heavy atom. The van der Waals surface area contributed by atoms with Gasteiger partial charge in [0.25, 0.3) is 0 Å². The first kappa shape index (κ1) is 10.2. The molecule has 0 fully saturated rings. The predicted molar refractivity (Wildman–Crippen MR) is 62.8 cm³/mol. The number of ether oxygens (including phenoxy) is 1. The van der Waals surface area contributed by atoms with Crippen molar-refractivity contribution in [3.05, 3.63) is 35.9 Å². The van der Waals surface area contributed by atoms with E-state index in [0.29, 0.717) is 0 Å². The summed E-state index contributed by atoms with van der Waals surface area (Å²) >= 11 is 0. The minimum Gasteiger partial charge on any atom is -0.497 e. The van der Waals surface area contributed by atoms with E-state index in [0.717, 1.165) is 18.6 Å². The molecule has 1 aromatic rings. The second-order valence-corrected chi connectivity index (χ2v) is 3.98. The summed E-state index contributed by atoms with van der Waals surface area (Å²) in [5.41, 5.74) is 8.52. The van der Waals surface area contributed by atoms with Crippen molar-refractivity contribution >= 4 is 5.57 Å². The highest BCUT2D eigenvalue weighted by atomic mass is 16.5. The normalized spacial score (nSPS) is 20.9. The third-order valence-electron chi connectivity index (χ3n) is 2.84. The maximum absolute atomic E-state index is 5.93. The Hall–Kier alpha value is -1.28. The SMILES string of the molecule is COc1cccc(C2=CC(N)CCC2)c1. The Balaban J connectivity index is 2.28. The van der Waals surface area contributed by atoms with E-state index < -0.39 is 0 Å². The molecule has 0 saturated carbocycles. The first-order valence-electron chi connectivity index (χ1n) is 5.40. The van der Waals surface area contributed by atoms with Crippen LogP contribution in [0, 0.1) is 0 Å². The minimum atomic E-state index is 0.222. The molecule has 80 valence electrons.